The Balaban J connectivity index is 2.36. The predicted molar refractivity (Wildman–Crippen MR) is 64.9 cm³/mol. The van der Waals surface area contributed by atoms with Crippen molar-refractivity contribution >= 4 is 12.0 Å². The van der Waals surface area contributed by atoms with Crippen LogP contribution >= 0.6 is 0 Å². The van der Waals surface area contributed by atoms with Crippen LogP contribution in [0.15, 0.2) is 36.4 Å². The smallest absolute Gasteiger partial charge is 0.305 e. The van der Waals surface area contributed by atoms with Gasteiger partial charge in [0.05, 0.1) is 10.5 Å². The molecule has 0 amide bonds. The van der Waals surface area contributed by atoms with E-state index in [1.165, 1.54) is 12.1 Å². The number of nitro benzene ring substituents is 1. The maximum absolute atomic E-state index is 13.4. The minimum atomic E-state index is -1.09. The van der Waals surface area contributed by atoms with Gasteiger partial charge in [0.2, 0.25) is 5.82 Å². The molecule has 2 aromatic carbocycles. The summed E-state index contributed by atoms with van der Waals surface area (Å²) in [5, 5.41) is 10.5. The summed E-state index contributed by atoms with van der Waals surface area (Å²) in [6.07, 6.45) is 0.270. The highest BCUT2D eigenvalue weighted by Gasteiger charge is 2.16. The summed E-state index contributed by atoms with van der Waals surface area (Å²) in [5.41, 5.74) is -1.02. The topological polar surface area (TPSA) is 69.4 Å². The van der Waals surface area contributed by atoms with Crippen LogP contribution in [0.1, 0.15) is 10.4 Å². The van der Waals surface area contributed by atoms with Crippen LogP contribution in [0.4, 0.5) is 14.5 Å². The zero-order valence-electron chi connectivity index (χ0n) is 9.88. The molecule has 0 spiro atoms. The van der Waals surface area contributed by atoms with Crippen LogP contribution in [-0.4, -0.2) is 11.2 Å². The molecule has 0 atom stereocenters. The van der Waals surface area contributed by atoms with Crippen molar-refractivity contribution in [2.75, 3.05) is 0 Å². The van der Waals surface area contributed by atoms with E-state index in [1.807, 2.05) is 0 Å². The third-order valence-electron chi connectivity index (χ3n) is 2.47. The Labute approximate surface area is 111 Å². The zero-order chi connectivity index (χ0) is 14.7. The number of hydrogen-bond donors (Lipinski definition) is 0. The number of ether oxygens (including phenoxy) is 1. The molecule has 0 heterocycles. The van der Waals surface area contributed by atoms with Gasteiger partial charge in [0, 0.05) is 12.1 Å². The minimum absolute atomic E-state index is 0.0817. The Morgan fingerprint density at radius 3 is 2.50 bits per heavy atom. The molecule has 0 fully saturated rings. The second-order valence-electron chi connectivity index (χ2n) is 3.74. The highest BCUT2D eigenvalue weighted by atomic mass is 19.1. The van der Waals surface area contributed by atoms with Gasteiger partial charge in [0.1, 0.15) is 17.3 Å². The fraction of sp³-hybridized carbons (Fsp3) is 0. The highest BCUT2D eigenvalue weighted by Crippen LogP contribution is 2.29. The normalized spacial score (nSPS) is 10.1. The van der Waals surface area contributed by atoms with Crippen molar-refractivity contribution < 1.29 is 23.2 Å². The summed E-state index contributed by atoms with van der Waals surface area (Å²) < 4.78 is 31.9. The summed E-state index contributed by atoms with van der Waals surface area (Å²) in [7, 11) is 0. The molecule has 20 heavy (non-hydrogen) atoms. The molecule has 0 N–H and O–H groups in total. The Bertz CT molecular complexity index is 688. The molecule has 0 aliphatic heterocycles. The molecule has 7 heteroatoms. The van der Waals surface area contributed by atoms with Gasteiger partial charge in [-0.1, -0.05) is 6.07 Å². The average Bonchev–Trinajstić information content (AvgIpc) is 2.38. The quantitative estimate of drug-likeness (QED) is 0.488. The number of nitro groups is 1. The molecule has 0 saturated heterocycles. The van der Waals surface area contributed by atoms with E-state index >= 15 is 0 Å². The first-order chi connectivity index (χ1) is 9.52. The van der Waals surface area contributed by atoms with Crippen molar-refractivity contribution in [1.29, 1.82) is 0 Å². The summed E-state index contributed by atoms with van der Waals surface area (Å²) in [6, 6.07) is 6.58. The fourth-order valence-corrected chi connectivity index (χ4v) is 1.55. The molecule has 102 valence electrons. The van der Waals surface area contributed by atoms with Crippen molar-refractivity contribution in [1.82, 2.24) is 0 Å². The maximum atomic E-state index is 13.4. The monoisotopic (exact) mass is 279 g/mol. The van der Waals surface area contributed by atoms with Crippen molar-refractivity contribution in [3.8, 4) is 11.5 Å². The summed E-state index contributed by atoms with van der Waals surface area (Å²) in [5.74, 6) is -2.05. The van der Waals surface area contributed by atoms with Crippen LogP contribution in [0.5, 0.6) is 11.5 Å². The number of carbonyl (C=O) groups is 1. The molecule has 2 rings (SSSR count). The average molecular weight is 279 g/mol. The lowest BCUT2D eigenvalue weighted by molar-refractivity contribution is -0.387. The van der Waals surface area contributed by atoms with E-state index in [2.05, 4.69) is 0 Å². The van der Waals surface area contributed by atoms with E-state index in [0.29, 0.717) is 0 Å². The molecule has 0 aliphatic rings. The van der Waals surface area contributed by atoms with Crippen LogP contribution in [0.25, 0.3) is 0 Å². The Kier molecular flexibility index (Phi) is 3.69. The summed E-state index contributed by atoms with van der Waals surface area (Å²) in [6.45, 7) is 0. The van der Waals surface area contributed by atoms with Crippen LogP contribution < -0.4 is 4.74 Å². The number of hydrogen-bond acceptors (Lipinski definition) is 4. The number of halogens is 2. The number of rotatable bonds is 4. The van der Waals surface area contributed by atoms with Crippen LogP contribution in [0.2, 0.25) is 0 Å². The lowest BCUT2D eigenvalue weighted by Crippen LogP contribution is -1.96. The van der Waals surface area contributed by atoms with E-state index in [1.54, 1.807) is 0 Å². The molecular formula is C13H7F2NO4. The van der Waals surface area contributed by atoms with Crippen molar-refractivity contribution in [3.05, 3.63) is 63.7 Å². The van der Waals surface area contributed by atoms with Gasteiger partial charge in [-0.2, -0.15) is 4.39 Å². The Hall–Kier alpha value is -2.83. The number of aldehydes is 1. The lowest BCUT2D eigenvalue weighted by Gasteiger charge is -2.08. The first-order valence-corrected chi connectivity index (χ1v) is 5.38. The van der Waals surface area contributed by atoms with Gasteiger partial charge in [0.15, 0.2) is 6.29 Å². The Morgan fingerprint density at radius 1 is 1.15 bits per heavy atom. The predicted octanol–water partition coefficient (Wildman–Crippen LogP) is 3.48. The number of carbonyl (C=O) groups excluding carboxylic acids is 1. The fourth-order valence-electron chi connectivity index (χ4n) is 1.55. The van der Waals surface area contributed by atoms with Crippen molar-refractivity contribution in [2.24, 2.45) is 0 Å². The SMILES string of the molecule is O=Cc1c(F)cccc1Oc1ccc([N+](=O)[O-])c(F)c1. The van der Waals surface area contributed by atoms with E-state index < -0.39 is 22.2 Å². The molecule has 0 radical (unpaired) electrons. The van der Waals surface area contributed by atoms with Crippen molar-refractivity contribution in [3.63, 3.8) is 0 Å². The third-order valence-corrected chi connectivity index (χ3v) is 2.47. The van der Waals surface area contributed by atoms with E-state index in [0.717, 1.165) is 24.3 Å². The van der Waals surface area contributed by atoms with E-state index in [4.69, 9.17) is 4.74 Å². The van der Waals surface area contributed by atoms with Gasteiger partial charge in [-0.15, -0.1) is 0 Å². The summed E-state index contributed by atoms with van der Waals surface area (Å²) in [4.78, 5) is 20.4. The molecule has 0 bridgehead atoms. The molecular weight excluding hydrogens is 272 g/mol. The summed E-state index contributed by atoms with van der Waals surface area (Å²) >= 11 is 0. The molecule has 5 nitrogen and oxygen atoms in total. The zero-order valence-corrected chi connectivity index (χ0v) is 9.88. The standard InChI is InChI=1S/C13H7F2NO4/c14-10-2-1-3-13(9(10)7-17)20-8-4-5-12(16(18)19)11(15)6-8/h1-7H. The van der Waals surface area contributed by atoms with E-state index in [-0.39, 0.29) is 23.3 Å². The number of nitrogens with zero attached hydrogens (tertiary/aromatic N) is 1. The van der Waals surface area contributed by atoms with E-state index in [9.17, 15) is 23.7 Å². The highest BCUT2D eigenvalue weighted by molar-refractivity contribution is 5.79. The molecule has 2 aromatic rings. The second-order valence-corrected chi connectivity index (χ2v) is 3.74. The second kappa shape index (κ2) is 5.43. The van der Waals surface area contributed by atoms with Gasteiger partial charge >= 0.3 is 5.69 Å². The first kappa shape index (κ1) is 13.6. The minimum Gasteiger partial charge on any atom is -0.456 e. The third kappa shape index (κ3) is 2.61. The molecule has 0 saturated carbocycles. The first-order valence-electron chi connectivity index (χ1n) is 5.38. The molecule has 0 aromatic heterocycles. The van der Waals surface area contributed by atoms with Crippen LogP contribution in [0, 0.1) is 21.7 Å². The molecule has 0 aliphatic carbocycles. The van der Waals surface area contributed by atoms with Gasteiger partial charge in [-0.3, -0.25) is 14.9 Å². The van der Waals surface area contributed by atoms with Gasteiger partial charge < -0.3 is 4.74 Å². The maximum Gasteiger partial charge on any atom is 0.305 e. The van der Waals surface area contributed by atoms with Crippen LogP contribution in [0.3, 0.4) is 0 Å². The van der Waals surface area contributed by atoms with Gasteiger partial charge in [-0.05, 0) is 18.2 Å². The Morgan fingerprint density at radius 2 is 1.90 bits per heavy atom. The van der Waals surface area contributed by atoms with Crippen molar-refractivity contribution in [2.45, 2.75) is 0 Å². The van der Waals surface area contributed by atoms with Gasteiger partial charge in [0.25, 0.3) is 0 Å². The lowest BCUT2D eigenvalue weighted by atomic mass is 10.2. The number of benzene rings is 2. The van der Waals surface area contributed by atoms with Gasteiger partial charge in [-0.25, -0.2) is 4.39 Å². The largest absolute Gasteiger partial charge is 0.456 e. The van der Waals surface area contributed by atoms with Crippen LogP contribution in [-0.2, 0) is 0 Å². The molecule has 0 unspecified atom stereocenters.